The maximum Gasteiger partial charge on any atom is 0.0565 e. The molecule has 0 aromatic heterocycles. The van der Waals surface area contributed by atoms with E-state index in [1.54, 1.807) is 0 Å². The Kier molecular flexibility index (Phi) is 9.76. The fourth-order valence-electron chi connectivity index (χ4n) is 2.14. The van der Waals surface area contributed by atoms with Gasteiger partial charge in [0.2, 0.25) is 0 Å². The number of unbranched alkanes of at least 4 members (excludes halogenated alkanes) is 2. The van der Waals surface area contributed by atoms with Crippen LogP contribution in [0.2, 0.25) is 0 Å². The first-order valence-electron chi connectivity index (χ1n) is 7.86. The Bertz CT molecular complexity index is 192. The van der Waals surface area contributed by atoms with E-state index in [0.29, 0.717) is 5.92 Å². The van der Waals surface area contributed by atoms with Crippen molar-refractivity contribution in [3.8, 4) is 0 Å². The molecule has 0 rings (SSSR count). The molecule has 0 fully saturated rings. The van der Waals surface area contributed by atoms with Gasteiger partial charge >= 0.3 is 0 Å². The van der Waals surface area contributed by atoms with Crippen LogP contribution in [0, 0.1) is 5.92 Å². The van der Waals surface area contributed by atoms with Crippen molar-refractivity contribution in [3.05, 3.63) is 0 Å². The standard InChI is InChI=1S/C16H35NO/c1-6-11-14(3)15(18)12-9-8-10-13-17-16(4,5)7-2/h14-15,17-18H,6-13H2,1-5H3. The summed E-state index contributed by atoms with van der Waals surface area (Å²) in [6, 6.07) is 0. The van der Waals surface area contributed by atoms with Crippen molar-refractivity contribution in [2.24, 2.45) is 5.92 Å². The van der Waals surface area contributed by atoms with Crippen LogP contribution in [0.1, 0.15) is 79.6 Å². The van der Waals surface area contributed by atoms with E-state index in [1.807, 2.05) is 0 Å². The maximum atomic E-state index is 9.96. The lowest BCUT2D eigenvalue weighted by molar-refractivity contribution is 0.0996. The van der Waals surface area contributed by atoms with E-state index < -0.39 is 0 Å². The van der Waals surface area contributed by atoms with Gasteiger partial charge in [-0.3, -0.25) is 0 Å². The molecule has 110 valence electrons. The van der Waals surface area contributed by atoms with Gasteiger partial charge in [0.25, 0.3) is 0 Å². The molecule has 0 aliphatic heterocycles. The van der Waals surface area contributed by atoms with Crippen LogP contribution in [0.25, 0.3) is 0 Å². The summed E-state index contributed by atoms with van der Waals surface area (Å²) in [5, 5.41) is 13.5. The molecule has 0 amide bonds. The van der Waals surface area contributed by atoms with E-state index in [0.717, 1.165) is 25.8 Å². The van der Waals surface area contributed by atoms with Crippen LogP contribution >= 0.6 is 0 Å². The highest BCUT2D eigenvalue weighted by Crippen LogP contribution is 2.16. The minimum absolute atomic E-state index is 0.0926. The topological polar surface area (TPSA) is 32.3 Å². The quantitative estimate of drug-likeness (QED) is 0.546. The van der Waals surface area contributed by atoms with Gasteiger partial charge in [-0.15, -0.1) is 0 Å². The molecule has 0 saturated heterocycles. The average Bonchev–Trinajstić information content (AvgIpc) is 2.33. The SMILES string of the molecule is CCCC(C)C(O)CCCCCNC(C)(C)CC. The predicted octanol–water partition coefficient (Wildman–Crippen LogP) is 4.12. The fraction of sp³-hybridized carbons (Fsp3) is 1.00. The van der Waals surface area contributed by atoms with Crippen molar-refractivity contribution in [3.63, 3.8) is 0 Å². The molecule has 0 bridgehead atoms. The third kappa shape index (κ3) is 8.93. The molecule has 0 aromatic rings. The average molecular weight is 257 g/mol. The van der Waals surface area contributed by atoms with Crippen LogP contribution in [0.4, 0.5) is 0 Å². The molecule has 0 radical (unpaired) electrons. The van der Waals surface area contributed by atoms with E-state index in [4.69, 9.17) is 0 Å². The van der Waals surface area contributed by atoms with Gasteiger partial charge in [-0.1, -0.05) is 40.0 Å². The van der Waals surface area contributed by atoms with Gasteiger partial charge in [0, 0.05) is 5.54 Å². The number of aliphatic hydroxyl groups excluding tert-OH is 1. The van der Waals surface area contributed by atoms with Crippen LogP contribution in [-0.4, -0.2) is 23.3 Å². The van der Waals surface area contributed by atoms with Gasteiger partial charge in [0.1, 0.15) is 0 Å². The molecule has 2 unspecified atom stereocenters. The zero-order chi connectivity index (χ0) is 14.0. The Balaban J connectivity index is 3.45. The minimum atomic E-state index is -0.0926. The van der Waals surface area contributed by atoms with Crippen molar-refractivity contribution in [2.45, 2.75) is 91.2 Å². The lowest BCUT2D eigenvalue weighted by atomic mass is 9.95. The second-order valence-corrected chi connectivity index (χ2v) is 6.35. The van der Waals surface area contributed by atoms with Crippen molar-refractivity contribution in [2.75, 3.05) is 6.54 Å². The molecule has 18 heavy (non-hydrogen) atoms. The van der Waals surface area contributed by atoms with Crippen LogP contribution in [0.5, 0.6) is 0 Å². The third-order valence-electron chi connectivity index (χ3n) is 4.06. The Hall–Kier alpha value is -0.0800. The first kappa shape index (κ1) is 17.9. The van der Waals surface area contributed by atoms with Gasteiger partial charge < -0.3 is 10.4 Å². The molecule has 0 aliphatic rings. The molecular weight excluding hydrogens is 222 g/mol. The summed E-state index contributed by atoms with van der Waals surface area (Å²) in [7, 11) is 0. The van der Waals surface area contributed by atoms with Gasteiger partial charge in [0.15, 0.2) is 0 Å². The molecular formula is C16H35NO. The number of hydrogen-bond acceptors (Lipinski definition) is 2. The Morgan fingerprint density at radius 3 is 2.28 bits per heavy atom. The van der Waals surface area contributed by atoms with Crippen LogP contribution in [0.15, 0.2) is 0 Å². The summed E-state index contributed by atoms with van der Waals surface area (Å²) in [6.45, 7) is 12.2. The van der Waals surface area contributed by atoms with Crippen molar-refractivity contribution in [1.82, 2.24) is 5.32 Å². The molecule has 2 nitrogen and oxygen atoms in total. The highest BCUT2D eigenvalue weighted by molar-refractivity contribution is 4.74. The normalized spacial score (nSPS) is 15.7. The molecule has 0 heterocycles. The smallest absolute Gasteiger partial charge is 0.0565 e. The number of nitrogens with one attached hydrogen (secondary N) is 1. The highest BCUT2D eigenvalue weighted by Gasteiger charge is 2.14. The van der Waals surface area contributed by atoms with E-state index >= 15 is 0 Å². The second kappa shape index (κ2) is 9.80. The van der Waals surface area contributed by atoms with E-state index in [9.17, 15) is 5.11 Å². The second-order valence-electron chi connectivity index (χ2n) is 6.35. The fourth-order valence-corrected chi connectivity index (χ4v) is 2.14. The summed E-state index contributed by atoms with van der Waals surface area (Å²) < 4.78 is 0. The van der Waals surface area contributed by atoms with Crippen LogP contribution in [-0.2, 0) is 0 Å². The van der Waals surface area contributed by atoms with Gasteiger partial charge in [-0.05, 0) is 52.0 Å². The summed E-state index contributed by atoms with van der Waals surface area (Å²) in [5.41, 5.74) is 0.273. The van der Waals surface area contributed by atoms with E-state index in [-0.39, 0.29) is 11.6 Å². The Labute approximate surface area is 115 Å². The van der Waals surface area contributed by atoms with E-state index in [1.165, 1.54) is 25.7 Å². The number of hydrogen-bond donors (Lipinski definition) is 2. The van der Waals surface area contributed by atoms with Crippen molar-refractivity contribution in [1.29, 1.82) is 0 Å². The van der Waals surface area contributed by atoms with Crippen molar-refractivity contribution < 1.29 is 5.11 Å². The first-order valence-corrected chi connectivity index (χ1v) is 7.86. The zero-order valence-corrected chi connectivity index (χ0v) is 13.3. The summed E-state index contributed by atoms with van der Waals surface area (Å²) in [6.07, 6.45) is 7.97. The molecule has 0 saturated carbocycles. The lowest BCUT2D eigenvalue weighted by Crippen LogP contribution is -2.38. The number of aliphatic hydroxyl groups is 1. The largest absolute Gasteiger partial charge is 0.393 e. The molecule has 2 heteroatoms. The Morgan fingerprint density at radius 2 is 1.72 bits per heavy atom. The van der Waals surface area contributed by atoms with Crippen LogP contribution < -0.4 is 5.32 Å². The highest BCUT2D eigenvalue weighted by atomic mass is 16.3. The third-order valence-corrected chi connectivity index (χ3v) is 4.06. The van der Waals surface area contributed by atoms with Crippen molar-refractivity contribution >= 4 is 0 Å². The summed E-state index contributed by atoms with van der Waals surface area (Å²) in [5.74, 6) is 0.465. The first-order chi connectivity index (χ1) is 8.43. The van der Waals surface area contributed by atoms with Gasteiger partial charge in [0.05, 0.1) is 6.10 Å². The lowest BCUT2D eigenvalue weighted by Gasteiger charge is -2.24. The summed E-state index contributed by atoms with van der Waals surface area (Å²) in [4.78, 5) is 0. The Morgan fingerprint density at radius 1 is 1.06 bits per heavy atom. The maximum absolute atomic E-state index is 9.96. The molecule has 0 aliphatic carbocycles. The molecule has 0 aromatic carbocycles. The minimum Gasteiger partial charge on any atom is -0.393 e. The predicted molar refractivity (Wildman–Crippen MR) is 80.9 cm³/mol. The van der Waals surface area contributed by atoms with Crippen LogP contribution in [0.3, 0.4) is 0 Å². The van der Waals surface area contributed by atoms with Gasteiger partial charge in [-0.2, -0.15) is 0 Å². The zero-order valence-electron chi connectivity index (χ0n) is 13.3. The summed E-state index contributed by atoms with van der Waals surface area (Å²) >= 11 is 0. The van der Waals surface area contributed by atoms with E-state index in [2.05, 4.69) is 39.9 Å². The molecule has 2 atom stereocenters. The monoisotopic (exact) mass is 257 g/mol. The molecule has 2 N–H and O–H groups in total. The number of rotatable bonds is 11. The molecule has 0 spiro atoms. The van der Waals surface area contributed by atoms with Gasteiger partial charge in [-0.25, -0.2) is 0 Å².